The van der Waals surface area contributed by atoms with Gasteiger partial charge in [0.25, 0.3) is 0 Å². The number of carbonyl (C=O) groups is 2. The van der Waals surface area contributed by atoms with Gasteiger partial charge in [0.2, 0.25) is 0 Å². The molecule has 2 aromatic rings. The van der Waals surface area contributed by atoms with E-state index in [0.717, 1.165) is 36.1 Å². The van der Waals surface area contributed by atoms with E-state index in [-0.39, 0.29) is 18.1 Å². The highest BCUT2D eigenvalue weighted by Gasteiger charge is 2.34. The van der Waals surface area contributed by atoms with Crippen molar-refractivity contribution in [1.82, 2.24) is 10.6 Å². The van der Waals surface area contributed by atoms with Crippen molar-refractivity contribution in [2.45, 2.75) is 58.3 Å². The zero-order valence-corrected chi connectivity index (χ0v) is 18.6. The van der Waals surface area contributed by atoms with Crippen LogP contribution in [0.5, 0.6) is 5.75 Å². The van der Waals surface area contributed by atoms with Gasteiger partial charge in [-0.1, -0.05) is 55.8 Å². The lowest BCUT2D eigenvalue weighted by Gasteiger charge is -2.31. The summed E-state index contributed by atoms with van der Waals surface area (Å²) >= 11 is 0. The maximum absolute atomic E-state index is 13.1. The number of hydrogen-bond acceptors (Lipinski definition) is 4. The van der Waals surface area contributed by atoms with Crippen LogP contribution in [0.1, 0.15) is 56.7 Å². The molecular weight excluding hydrogens is 404 g/mol. The van der Waals surface area contributed by atoms with E-state index in [9.17, 15) is 9.59 Å². The molecule has 0 saturated heterocycles. The SMILES string of the molecule is CC1=C(C(=O)O[C@@H]2CCC[C@H](C)C2)[C@H](c2ccc(OCc3ccccc3)cc2)NC(=O)N1. The van der Waals surface area contributed by atoms with Crippen LogP contribution in [0.4, 0.5) is 4.79 Å². The van der Waals surface area contributed by atoms with Crippen molar-refractivity contribution in [3.63, 3.8) is 0 Å². The molecule has 3 atom stereocenters. The van der Waals surface area contributed by atoms with Crippen molar-refractivity contribution in [1.29, 1.82) is 0 Å². The van der Waals surface area contributed by atoms with Crippen molar-refractivity contribution >= 4 is 12.0 Å². The van der Waals surface area contributed by atoms with E-state index in [1.54, 1.807) is 6.92 Å². The first-order chi connectivity index (χ1) is 15.5. The number of nitrogens with one attached hydrogen (secondary N) is 2. The third-order valence-electron chi connectivity index (χ3n) is 6.11. The Labute approximate surface area is 189 Å². The molecule has 0 bridgehead atoms. The van der Waals surface area contributed by atoms with Crippen molar-refractivity contribution in [2.75, 3.05) is 0 Å². The van der Waals surface area contributed by atoms with Crippen LogP contribution in [0.3, 0.4) is 0 Å². The molecule has 1 fully saturated rings. The molecule has 6 heteroatoms. The van der Waals surface area contributed by atoms with E-state index < -0.39 is 6.04 Å². The third-order valence-corrected chi connectivity index (χ3v) is 6.11. The van der Waals surface area contributed by atoms with Crippen molar-refractivity contribution in [3.8, 4) is 5.75 Å². The van der Waals surface area contributed by atoms with Gasteiger partial charge in [0.05, 0.1) is 11.6 Å². The molecule has 2 aliphatic rings. The molecule has 1 aliphatic heterocycles. The molecule has 2 N–H and O–H groups in total. The first-order valence-corrected chi connectivity index (χ1v) is 11.3. The van der Waals surface area contributed by atoms with Gasteiger partial charge in [0.15, 0.2) is 0 Å². The van der Waals surface area contributed by atoms with Gasteiger partial charge in [-0.15, -0.1) is 0 Å². The highest BCUT2D eigenvalue weighted by molar-refractivity contribution is 5.95. The summed E-state index contributed by atoms with van der Waals surface area (Å²) in [6.45, 7) is 4.40. The highest BCUT2D eigenvalue weighted by atomic mass is 16.5. The average Bonchev–Trinajstić information content (AvgIpc) is 2.78. The summed E-state index contributed by atoms with van der Waals surface area (Å²) in [6, 6.07) is 16.5. The minimum atomic E-state index is -0.569. The molecule has 1 aliphatic carbocycles. The number of benzene rings is 2. The topological polar surface area (TPSA) is 76.7 Å². The Balaban J connectivity index is 1.48. The van der Waals surface area contributed by atoms with Crippen molar-refractivity contribution in [2.24, 2.45) is 5.92 Å². The van der Waals surface area contributed by atoms with Gasteiger partial charge in [0, 0.05) is 5.70 Å². The van der Waals surface area contributed by atoms with Crippen molar-refractivity contribution in [3.05, 3.63) is 77.0 Å². The van der Waals surface area contributed by atoms with Crippen LogP contribution in [-0.2, 0) is 16.1 Å². The molecule has 4 rings (SSSR count). The van der Waals surface area contributed by atoms with Gasteiger partial charge in [0.1, 0.15) is 18.5 Å². The number of allylic oxidation sites excluding steroid dienone is 1. The zero-order valence-electron chi connectivity index (χ0n) is 18.6. The molecule has 0 aromatic heterocycles. The molecule has 6 nitrogen and oxygen atoms in total. The van der Waals surface area contributed by atoms with E-state index in [4.69, 9.17) is 9.47 Å². The van der Waals surface area contributed by atoms with Gasteiger partial charge < -0.3 is 20.1 Å². The van der Waals surface area contributed by atoms with E-state index in [0.29, 0.717) is 23.8 Å². The van der Waals surface area contributed by atoms with E-state index in [1.807, 2.05) is 54.6 Å². The summed E-state index contributed by atoms with van der Waals surface area (Å²) in [6.07, 6.45) is 3.95. The number of urea groups is 1. The lowest BCUT2D eigenvalue weighted by atomic mass is 9.88. The molecule has 0 radical (unpaired) electrons. The summed E-state index contributed by atoms with van der Waals surface area (Å²) in [4.78, 5) is 25.3. The van der Waals surface area contributed by atoms with Crippen LogP contribution in [-0.4, -0.2) is 18.1 Å². The van der Waals surface area contributed by atoms with Gasteiger partial charge in [-0.05, 0) is 55.4 Å². The Morgan fingerprint density at radius 2 is 1.81 bits per heavy atom. The number of ether oxygens (including phenoxy) is 2. The largest absolute Gasteiger partial charge is 0.489 e. The predicted molar refractivity (Wildman–Crippen MR) is 122 cm³/mol. The lowest BCUT2D eigenvalue weighted by molar-refractivity contribution is -0.146. The monoisotopic (exact) mass is 434 g/mol. The molecule has 32 heavy (non-hydrogen) atoms. The minimum absolute atomic E-state index is 0.0707. The van der Waals surface area contributed by atoms with E-state index in [1.165, 1.54) is 6.42 Å². The average molecular weight is 435 g/mol. The Hall–Kier alpha value is -3.28. The van der Waals surface area contributed by atoms with E-state index >= 15 is 0 Å². The van der Waals surface area contributed by atoms with Crippen LogP contribution >= 0.6 is 0 Å². The van der Waals surface area contributed by atoms with Crippen LogP contribution in [0.25, 0.3) is 0 Å². The lowest BCUT2D eigenvalue weighted by Crippen LogP contribution is -2.45. The van der Waals surface area contributed by atoms with E-state index in [2.05, 4.69) is 17.6 Å². The zero-order chi connectivity index (χ0) is 22.5. The smallest absolute Gasteiger partial charge is 0.338 e. The van der Waals surface area contributed by atoms with Crippen molar-refractivity contribution < 1.29 is 19.1 Å². The quantitative estimate of drug-likeness (QED) is 0.626. The fourth-order valence-corrected chi connectivity index (χ4v) is 4.41. The standard InChI is InChI=1S/C26H30N2O4/c1-17-7-6-10-22(15-17)32-25(29)23-18(2)27-26(30)28-24(23)20-11-13-21(14-12-20)31-16-19-8-4-3-5-9-19/h3-5,8-9,11-14,17,22,24H,6-7,10,15-16H2,1-2H3,(H2,27,28,30)/t17-,22+,24-/m0/s1. The van der Waals surface area contributed by atoms with Crippen LogP contribution in [0.15, 0.2) is 65.9 Å². The molecule has 0 unspecified atom stereocenters. The minimum Gasteiger partial charge on any atom is -0.489 e. The number of amides is 2. The molecular formula is C26H30N2O4. The fourth-order valence-electron chi connectivity index (χ4n) is 4.41. The fraction of sp³-hybridized carbons (Fsp3) is 0.385. The Kier molecular flexibility index (Phi) is 6.78. The molecule has 2 amide bonds. The predicted octanol–water partition coefficient (Wildman–Crippen LogP) is 5.02. The van der Waals surface area contributed by atoms with Gasteiger partial charge in [-0.25, -0.2) is 9.59 Å². The summed E-state index contributed by atoms with van der Waals surface area (Å²) in [5, 5.41) is 5.58. The number of rotatable bonds is 6. The first kappa shape index (κ1) is 21.9. The second-order valence-corrected chi connectivity index (χ2v) is 8.71. The maximum Gasteiger partial charge on any atom is 0.338 e. The summed E-state index contributed by atoms with van der Waals surface area (Å²) < 4.78 is 11.7. The Bertz CT molecular complexity index is 985. The van der Waals surface area contributed by atoms with Crippen LogP contribution in [0, 0.1) is 5.92 Å². The second-order valence-electron chi connectivity index (χ2n) is 8.71. The number of carbonyl (C=O) groups excluding carboxylic acids is 2. The summed E-state index contributed by atoms with van der Waals surface area (Å²) in [7, 11) is 0. The van der Waals surface area contributed by atoms with Gasteiger partial charge in [-0.3, -0.25) is 0 Å². The molecule has 1 saturated carbocycles. The number of hydrogen-bond donors (Lipinski definition) is 2. The summed E-state index contributed by atoms with van der Waals surface area (Å²) in [5.41, 5.74) is 2.86. The molecule has 168 valence electrons. The summed E-state index contributed by atoms with van der Waals surface area (Å²) in [5.74, 6) is 0.905. The molecule has 1 heterocycles. The second kappa shape index (κ2) is 9.90. The first-order valence-electron chi connectivity index (χ1n) is 11.3. The van der Waals surface area contributed by atoms with Crippen LogP contribution < -0.4 is 15.4 Å². The molecule has 0 spiro atoms. The van der Waals surface area contributed by atoms with Gasteiger partial charge >= 0.3 is 12.0 Å². The molecule has 2 aromatic carbocycles. The Morgan fingerprint density at radius 1 is 1.06 bits per heavy atom. The maximum atomic E-state index is 13.1. The van der Waals surface area contributed by atoms with Crippen LogP contribution in [0.2, 0.25) is 0 Å². The van der Waals surface area contributed by atoms with Gasteiger partial charge in [-0.2, -0.15) is 0 Å². The third kappa shape index (κ3) is 5.31. The number of esters is 1. The normalized spacial score (nSPS) is 23.2. The highest BCUT2D eigenvalue weighted by Crippen LogP contribution is 2.31. The Morgan fingerprint density at radius 3 is 2.53 bits per heavy atom.